The number of ether oxygens (including phenoxy) is 2. The van der Waals surface area contributed by atoms with E-state index in [4.69, 9.17) is 9.47 Å². The Hall–Kier alpha value is -2.94. The van der Waals surface area contributed by atoms with Crippen LogP contribution in [-0.2, 0) is 16.0 Å². The number of benzene rings is 2. The number of fused-ring (bicyclic) bond motifs is 1. The van der Waals surface area contributed by atoms with Crippen LogP contribution in [0.4, 0.5) is 5.69 Å². The maximum absolute atomic E-state index is 14.1. The van der Waals surface area contributed by atoms with Gasteiger partial charge in [-0.1, -0.05) is 37.3 Å². The predicted molar refractivity (Wildman–Crippen MR) is 154 cm³/mol. The third-order valence-electron chi connectivity index (χ3n) is 7.09. The molecule has 2 aromatic rings. The third kappa shape index (κ3) is 9.34. The zero-order valence-electron chi connectivity index (χ0n) is 24.1. The van der Waals surface area contributed by atoms with Crippen LogP contribution < -0.4 is 10.1 Å². The molecule has 0 fully saturated rings. The van der Waals surface area contributed by atoms with E-state index in [-0.39, 0.29) is 43.0 Å². The van der Waals surface area contributed by atoms with E-state index < -0.39 is 6.04 Å². The van der Waals surface area contributed by atoms with Gasteiger partial charge in [0.15, 0.2) is 0 Å². The highest BCUT2D eigenvalue weighted by Gasteiger charge is 2.30. The van der Waals surface area contributed by atoms with Crippen LogP contribution in [0, 0.1) is 5.92 Å². The summed E-state index contributed by atoms with van der Waals surface area (Å²) in [6.07, 6.45) is 2.79. The summed E-state index contributed by atoms with van der Waals surface area (Å²) < 4.78 is 12.6. The number of nitrogens with one attached hydrogen (secondary N) is 1. The van der Waals surface area contributed by atoms with Crippen molar-refractivity contribution in [2.45, 2.75) is 64.7 Å². The van der Waals surface area contributed by atoms with Crippen LogP contribution in [0.25, 0.3) is 0 Å². The van der Waals surface area contributed by atoms with Gasteiger partial charge in [-0.15, -0.1) is 0 Å². The maximum atomic E-state index is 14.1. The molecule has 0 aliphatic carbocycles. The highest BCUT2D eigenvalue weighted by atomic mass is 16.5. The molecule has 1 aliphatic rings. The fourth-order valence-electron chi connectivity index (χ4n) is 4.81. The Labute approximate surface area is 233 Å². The number of hydrogen-bond acceptors (Lipinski definition) is 6. The van der Waals surface area contributed by atoms with Crippen LogP contribution in [0.3, 0.4) is 0 Å². The van der Waals surface area contributed by atoms with E-state index >= 15 is 0 Å². The van der Waals surface area contributed by atoms with Crippen molar-refractivity contribution in [1.82, 2.24) is 9.80 Å². The lowest BCUT2D eigenvalue weighted by atomic mass is 10.0. The van der Waals surface area contributed by atoms with Crippen molar-refractivity contribution in [3.8, 4) is 5.75 Å². The molecule has 0 bridgehead atoms. The fraction of sp³-hybridized carbons (Fsp3) is 0.548. The van der Waals surface area contributed by atoms with E-state index in [0.29, 0.717) is 30.2 Å². The molecule has 0 saturated carbocycles. The van der Waals surface area contributed by atoms with Crippen molar-refractivity contribution >= 4 is 17.5 Å². The highest BCUT2D eigenvalue weighted by molar-refractivity contribution is 6.00. The van der Waals surface area contributed by atoms with Gasteiger partial charge in [0, 0.05) is 31.3 Å². The number of anilines is 1. The normalized spacial score (nSPS) is 22.0. The molecule has 2 aromatic carbocycles. The molecule has 3 rings (SSSR count). The summed E-state index contributed by atoms with van der Waals surface area (Å²) in [5.74, 6) is 0.104. The second-order valence-electron chi connectivity index (χ2n) is 11.0. The van der Waals surface area contributed by atoms with E-state index in [2.05, 4.69) is 17.1 Å². The summed E-state index contributed by atoms with van der Waals surface area (Å²) in [5.41, 5.74) is 1.81. The van der Waals surface area contributed by atoms with Gasteiger partial charge in [-0.05, 0) is 71.0 Å². The molecule has 2 amide bonds. The number of aliphatic hydroxyl groups is 1. The topological polar surface area (TPSA) is 91.3 Å². The first kappa shape index (κ1) is 30.6. The lowest BCUT2D eigenvalue weighted by molar-refractivity contribution is -0.115. The monoisotopic (exact) mass is 539 g/mol. The average molecular weight is 540 g/mol. The Bertz CT molecular complexity index is 1060. The maximum Gasteiger partial charge on any atom is 0.258 e. The number of carbonyl (C=O) groups excluding carboxylic acids is 2. The van der Waals surface area contributed by atoms with Crippen molar-refractivity contribution < 1.29 is 24.2 Å². The van der Waals surface area contributed by atoms with Crippen LogP contribution in [0.5, 0.6) is 5.75 Å². The van der Waals surface area contributed by atoms with Crippen LogP contribution in [0.1, 0.15) is 56.0 Å². The quantitative estimate of drug-likeness (QED) is 0.548. The first-order chi connectivity index (χ1) is 18.7. The Kier molecular flexibility index (Phi) is 11.8. The van der Waals surface area contributed by atoms with Crippen molar-refractivity contribution in [3.63, 3.8) is 0 Å². The molecule has 0 aromatic heterocycles. The van der Waals surface area contributed by atoms with Gasteiger partial charge in [0.25, 0.3) is 5.91 Å². The first-order valence-electron chi connectivity index (χ1n) is 14.0. The van der Waals surface area contributed by atoms with Gasteiger partial charge in [-0.2, -0.15) is 0 Å². The Morgan fingerprint density at radius 3 is 2.59 bits per heavy atom. The molecule has 4 atom stereocenters. The SMILES string of the molecule is C[C@@H]1CCCCO[C@H](CN(C)C)[C@@H](C)CN([C@@H](C)CO)C(=O)c2cc(NC(=O)Cc3ccccc3)ccc2O1. The van der Waals surface area contributed by atoms with Crippen molar-refractivity contribution in [2.24, 2.45) is 5.92 Å². The highest BCUT2D eigenvalue weighted by Crippen LogP contribution is 2.28. The number of carbonyl (C=O) groups is 2. The lowest BCUT2D eigenvalue weighted by Crippen LogP contribution is -2.47. The Balaban J connectivity index is 1.93. The molecule has 0 saturated heterocycles. The molecule has 8 heteroatoms. The minimum absolute atomic E-state index is 0.0327. The van der Waals surface area contributed by atoms with Gasteiger partial charge in [-0.25, -0.2) is 0 Å². The summed E-state index contributed by atoms with van der Waals surface area (Å²) >= 11 is 0. The van der Waals surface area contributed by atoms with Gasteiger partial charge < -0.3 is 29.7 Å². The van der Waals surface area contributed by atoms with Crippen LogP contribution in [0.15, 0.2) is 48.5 Å². The largest absolute Gasteiger partial charge is 0.490 e. The van der Waals surface area contributed by atoms with E-state index in [9.17, 15) is 14.7 Å². The number of nitrogens with zero attached hydrogens (tertiary/aromatic N) is 2. The summed E-state index contributed by atoms with van der Waals surface area (Å²) in [6, 6.07) is 14.3. The molecule has 214 valence electrons. The van der Waals surface area contributed by atoms with E-state index in [1.54, 1.807) is 23.1 Å². The van der Waals surface area contributed by atoms with Crippen molar-refractivity contribution in [2.75, 3.05) is 45.7 Å². The van der Waals surface area contributed by atoms with Gasteiger partial charge in [-0.3, -0.25) is 9.59 Å². The molecule has 2 N–H and O–H groups in total. The fourth-order valence-corrected chi connectivity index (χ4v) is 4.81. The van der Waals surface area contributed by atoms with Crippen LogP contribution in [-0.4, -0.2) is 85.4 Å². The molecular formula is C31H45N3O5. The number of hydrogen-bond donors (Lipinski definition) is 2. The molecule has 0 radical (unpaired) electrons. The number of aliphatic hydroxyl groups excluding tert-OH is 1. The summed E-state index contributed by atoms with van der Waals surface area (Å²) in [7, 11) is 4.03. The molecular weight excluding hydrogens is 494 g/mol. The van der Waals surface area contributed by atoms with Crippen LogP contribution in [0.2, 0.25) is 0 Å². The predicted octanol–water partition coefficient (Wildman–Crippen LogP) is 4.22. The summed E-state index contributed by atoms with van der Waals surface area (Å²) in [5, 5.41) is 13.0. The smallest absolute Gasteiger partial charge is 0.258 e. The number of rotatable bonds is 7. The second-order valence-corrected chi connectivity index (χ2v) is 11.0. The van der Waals surface area contributed by atoms with Gasteiger partial charge >= 0.3 is 0 Å². The standard InChI is InChI=1S/C31H45N3O5/c1-22-19-34(23(2)21-35)31(37)27-18-26(32-30(36)17-25-12-7-6-8-13-25)14-15-28(27)39-24(3)11-9-10-16-38-29(22)20-33(4)5/h6-8,12-15,18,22-24,29,35H,9-11,16-17,19-21H2,1-5H3,(H,32,36)/t22-,23-,24+,29+/m0/s1. The summed E-state index contributed by atoms with van der Waals surface area (Å²) in [6.45, 7) is 7.57. The van der Waals surface area contributed by atoms with Gasteiger partial charge in [0.1, 0.15) is 5.75 Å². The molecule has 8 nitrogen and oxygen atoms in total. The average Bonchev–Trinajstić information content (AvgIpc) is 2.90. The molecule has 39 heavy (non-hydrogen) atoms. The second kappa shape index (κ2) is 15.0. The zero-order chi connectivity index (χ0) is 28.4. The zero-order valence-corrected chi connectivity index (χ0v) is 24.1. The Morgan fingerprint density at radius 2 is 1.90 bits per heavy atom. The molecule has 1 heterocycles. The molecule has 0 unspecified atom stereocenters. The lowest BCUT2D eigenvalue weighted by Gasteiger charge is -2.35. The van der Waals surface area contributed by atoms with Crippen LogP contribution >= 0.6 is 0 Å². The number of amides is 2. The Morgan fingerprint density at radius 1 is 1.15 bits per heavy atom. The van der Waals surface area contributed by atoms with Gasteiger partial charge in [0.2, 0.25) is 5.91 Å². The summed E-state index contributed by atoms with van der Waals surface area (Å²) in [4.78, 5) is 30.6. The first-order valence-corrected chi connectivity index (χ1v) is 14.0. The van der Waals surface area contributed by atoms with E-state index in [0.717, 1.165) is 31.4 Å². The van der Waals surface area contributed by atoms with Crippen molar-refractivity contribution in [3.05, 3.63) is 59.7 Å². The number of likely N-dealkylation sites (N-methyl/N-ethyl adjacent to an activating group) is 1. The molecule has 0 spiro atoms. The van der Waals surface area contributed by atoms with E-state index in [1.165, 1.54) is 0 Å². The minimum Gasteiger partial charge on any atom is -0.490 e. The third-order valence-corrected chi connectivity index (χ3v) is 7.09. The van der Waals surface area contributed by atoms with Gasteiger partial charge in [0.05, 0.1) is 36.8 Å². The minimum atomic E-state index is -0.408. The van der Waals surface area contributed by atoms with E-state index in [1.807, 2.05) is 58.3 Å². The molecule has 1 aliphatic heterocycles. The van der Waals surface area contributed by atoms with Crippen molar-refractivity contribution in [1.29, 1.82) is 0 Å².